The summed E-state index contributed by atoms with van der Waals surface area (Å²) in [7, 11) is 0. The molecular formula is C32H38N6O. The van der Waals surface area contributed by atoms with Crippen molar-refractivity contribution < 1.29 is 4.79 Å². The van der Waals surface area contributed by atoms with Crippen molar-refractivity contribution in [3.63, 3.8) is 0 Å². The topological polar surface area (TPSA) is 70.1 Å². The molecule has 202 valence electrons. The number of aromatic nitrogens is 4. The van der Waals surface area contributed by atoms with Gasteiger partial charge >= 0.3 is 0 Å². The third-order valence-electron chi connectivity index (χ3n) is 10.1. The number of rotatable bonds is 6. The summed E-state index contributed by atoms with van der Waals surface area (Å²) >= 11 is 0. The number of para-hydroxylation sites is 2. The highest BCUT2D eigenvalue weighted by molar-refractivity contribution is 5.92. The van der Waals surface area contributed by atoms with E-state index >= 15 is 0 Å². The summed E-state index contributed by atoms with van der Waals surface area (Å²) in [4.78, 5) is 26.9. The summed E-state index contributed by atoms with van der Waals surface area (Å²) in [5.74, 6) is 3.41. The molecule has 1 N–H and O–H groups in total. The van der Waals surface area contributed by atoms with Crippen molar-refractivity contribution in [1.29, 1.82) is 0 Å². The number of piperidine rings is 2. The van der Waals surface area contributed by atoms with Crippen LogP contribution in [-0.4, -0.2) is 56.6 Å². The average Bonchev–Trinajstić information content (AvgIpc) is 3.68. The molecule has 7 heteroatoms. The Balaban J connectivity index is 1.07. The molecule has 2 unspecified atom stereocenters. The quantitative estimate of drug-likeness (QED) is 0.372. The van der Waals surface area contributed by atoms with E-state index in [1.165, 1.54) is 36.8 Å². The minimum atomic E-state index is 0.0712. The van der Waals surface area contributed by atoms with Crippen LogP contribution < -0.4 is 5.01 Å². The van der Waals surface area contributed by atoms with E-state index in [1.54, 1.807) is 12.5 Å². The van der Waals surface area contributed by atoms with E-state index in [4.69, 9.17) is 4.98 Å². The van der Waals surface area contributed by atoms with Crippen molar-refractivity contribution in [1.82, 2.24) is 24.5 Å². The molecule has 2 aromatic carbocycles. The predicted molar refractivity (Wildman–Crippen MR) is 153 cm³/mol. The van der Waals surface area contributed by atoms with Crippen LogP contribution in [0.15, 0.2) is 67.1 Å². The van der Waals surface area contributed by atoms with Crippen LogP contribution in [0.3, 0.4) is 0 Å². The second kappa shape index (κ2) is 9.85. The van der Waals surface area contributed by atoms with Gasteiger partial charge in [-0.25, -0.2) is 14.6 Å². The molecule has 2 bridgehead atoms. The van der Waals surface area contributed by atoms with Crippen LogP contribution >= 0.6 is 0 Å². The molecule has 4 aromatic rings. The van der Waals surface area contributed by atoms with Gasteiger partial charge in [-0.15, -0.1) is 0 Å². The van der Waals surface area contributed by atoms with Crippen LogP contribution in [0.25, 0.3) is 11.0 Å². The van der Waals surface area contributed by atoms with Gasteiger partial charge in [0.15, 0.2) is 0 Å². The number of aryl methyl sites for hydroxylation is 1. The van der Waals surface area contributed by atoms with Gasteiger partial charge in [-0.05, 0) is 86.3 Å². The van der Waals surface area contributed by atoms with Crippen molar-refractivity contribution in [3.8, 4) is 0 Å². The maximum Gasteiger partial charge on any atom is 0.271 e. The highest BCUT2D eigenvalue weighted by Gasteiger charge is 2.45. The fraction of sp³-hybridized carbons (Fsp3) is 0.469. The van der Waals surface area contributed by atoms with Gasteiger partial charge in [-0.1, -0.05) is 42.5 Å². The molecule has 0 radical (unpaired) electrons. The molecular weight excluding hydrogens is 484 g/mol. The Morgan fingerprint density at radius 3 is 2.44 bits per heavy atom. The molecule has 1 saturated carbocycles. The molecule has 7 nitrogen and oxygen atoms in total. The van der Waals surface area contributed by atoms with Crippen molar-refractivity contribution in [2.24, 2.45) is 17.8 Å². The number of carbonyl (C=O) groups excluding carboxylic acids is 1. The number of nitrogens with one attached hydrogen (secondary N) is 1. The van der Waals surface area contributed by atoms with E-state index in [9.17, 15) is 4.79 Å². The molecule has 1 aliphatic carbocycles. The molecule has 3 aliphatic rings. The van der Waals surface area contributed by atoms with Crippen LogP contribution in [-0.2, 0) is 5.41 Å². The zero-order chi connectivity index (χ0) is 26.4. The van der Waals surface area contributed by atoms with Crippen molar-refractivity contribution >= 4 is 16.9 Å². The van der Waals surface area contributed by atoms with E-state index in [1.807, 2.05) is 4.90 Å². The van der Waals surface area contributed by atoms with Crippen molar-refractivity contribution in [2.75, 3.05) is 31.2 Å². The third kappa shape index (κ3) is 4.32. The van der Waals surface area contributed by atoms with Gasteiger partial charge in [0.2, 0.25) is 0 Å². The van der Waals surface area contributed by atoms with Gasteiger partial charge in [-0.2, -0.15) is 0 Å². The predicted octanol–water partition coefficient (Wildman–Crippen LogP) is 5.32. The fourth-order valence-corrected chi connectivity index (χ4v) is 8.03. The first-order valence-corrected chi connectivity index (χ1v) is 14.6. The Hall–Kier alpha value is -3.61. The Morgan fingerprint density at radius 2 is 1.72 bits per heavy atom. The zero-order valence-corrected chi connectivity index (χ0v) is 22.8. The van der Waals surface area contributed by atoms with Gasteiger partial charge in [-0.3, -0.25) is 4.79 Å². The number of hydrogen-bond acceptors (Lipinski definition) is 4. The average molecular weight is 523 g/mol. The van der Waals surface area contributed by atoms with Gasteiger partial charge in [0.25, 0.3) is 5.91 Å². The largest absolute Gasteiger partial charge is 0.341 e. The third-order valence-corrected chi connectivity index (χ3v) is 10.1. The summed E-state index contributed by atoms with van der Waals surface area (Å²) in [5.41, 5.74) is 4.49. The molecule has 39 heavy (non-hydrogen) atoms. The molecule has 4 heterocycles. The SMILES string of the molecule is Cc1nc2ccccc2n1N1CC2CCC(C1)C2CCC1(c2ccccc2)CCN(C(=O)c2cnc[nH]2)CC1. The number of fused-ring (bicyclic) bond motifs is 3. The molecule has 1 amide bonds. The lowest BCUT2D eigenvalue weighted by Crippen LogP contribution is -2.49. The highest BCUT2D eigenvalue weighted by Crippen LogP contribution is 2.48. The van der Waals surface area contributed by atoms with E-state index in [-0.39, 0.29) is 11.3 Å². The zero-order valence-electron chi connectivity index (χ0n) is 22.8. The standard InChI is InChI=1S/C32H38N6O/c1-23-35-28-9-5-6-10-30(28)38(23)37-20-24-11-12-25(21-37)27(24)13-14-32(26-7-3-2-4-8-26)15-17-36(18-16-32)31(39)29-19-33-22-34-29/h2-10,19,22,24-25,27H,11-18,20-21H2,1H3,(H,33,34). The lowest BCUT2D eigenvalue weighted by atomic mass is 9.67. The van der Waals surface area contributed by atoms with Crippen molar-refractivity contribution in [2.45, 2.75) is 50.9 Å². The Morgan fingerprint density at radius 1 is 1.00 bits per heavy atom. The van der Waals surface area contributed by atoms with Gasteiger partial charge in [0.05, 0.1) is 23.6 Å². The first-order valence-electron chi connectivity index (χ1n) is 14.6. The van der Waals surface area contributed by atoms with Crippen molar-refractivity contribution in [3.05, 3.63) is 84.2 Å². The summed E-state index contributed by atoms with van der Waals surface area (Å²) in [6.07, 6.45) is 10.4. The maximum atomic E-state index is 13.0. The lowest BCUT2D eigenvalue weighted by molar-refractivity contribution is 0.0642. The molecule has 2 aromatic heterocycles. The number of hydrogen-bond donors (Lipinski definition) is 1. The number of H-pyrrole nitrogens is 1. The second-order valence-corrected chi connectivity index (χ2v) is 12.0. The molecule has 2 saturated heterocycles. The number of amides is 1. The number of carbonyl (C=O) groups is 1. The monoisotopic (exact) mass is 522 g/mol. The van der Waals surface area contributed by atoms with E-state index in [2.05, 4.69) is 81.2 Å². The Kier molecular flexibility index (Phi) is 6.17. The molecule has 0 spiro atoms. The van der Waals surface area contributed by atoms with E-state index < -0.39 is 0 Å². The van der Waals surface area contributed by atoms with Crippen LogP contribution in [0.4, 0.5) is 0 Å². The number of nitrogens with zero attached hydrogens (tertiary/aromatic N) is 5. The van der Waals surface area contributed by atoms with E-state index in [0.717, 1.165) is 68.1 Å². The minimum Gasteiger partial charge on any atom is -0.341 e. The van der Waals surface area contributed by atoms with Gasteiger partial charge < -0.3 is 14.9 Å². The number of likely N-dealkylation sites (tertiary alicyclic amines) is 1. The van der Waals surface area contributed by atoms with Crippen LogP contribution in [0.5, 0.6) is 0 Å². The first kappa shape index (κ1) is 24.4. The second-order valence-electron chi connectivity index (χ2n) is 12.0. The fourth-order valence-electron chi connectivity index (χ4n) is 8.03. The first-order chi connectivity index (χ1) is 19.1. The number of benzene rings is 2. The van der Waals surface area contributed by atoms with Gasteiger partial charge in [0, 0.05) is 26.2 Å². The summed E-state index contributed by atoms with van der Waals surface area (Å²) < 4.78 is 2.38. The lowest BCUT2D eigenvalue weighted by Gasteiger charge is -2.45. The van der Waals surface area contributed by atoms with Crippen LogP contribution in [0.2, 0.25) is 0 Å². The van der Waals surface area contributed by atoms with Crippen LogP contribution in [0, 0.1) is 24.7 Å². The minimum absolute atomic E-state index is 0.0712. The molecule has 7 rings (SSSR count). The Labute approximate surface area is 230 Å². The normalized spacial score (nSPS) is 24.4. The maximum absolute atomic E-state index is 13.0. The summed E-state index contributed by atoms with van der Waals surface area (Å²) in [6, 6.07) is 19.6. The summed E-state index contributed by atoms with van der Waals surface area (Å²) in [5, 5.41) is 2.58. The highest BCUT2D eigenvalue weighted by atomic mass is 16.2. The Bertz CT molecular complexity index is 1420. The molecule has 2 atom stereocenters. The van der Waals surface area contributed by atoms with E-state index in [0.29, 0.717) is 5.69 Å². The summed E-state index contributed by atoms with van der Waals surface area (Å²) in [6.45, 7) is 5.97. The smallest absolute Gasteiger partial charge is 0.271 e. The van der Waals surface area contributed by atoms with Crippen LogP contribution in [0.1, 0.15) is 60.4 Å². The molecule has 3 fully saturated rings. The van der Waals surface area contributed by atoms with Gasteiger partial charge in [0.1, 0.15) is 11.5 Å². The number of imidazole rings is 2. The molecule has 2 aliphatic heterocycles. The number of aromatic amines is 1.